The fraction of sp³-hybridized carbons (Fsp3) is 0.182. The van der Waals surface area contributed by atoms with E-state index in [1.165, 1.54) is 5.56 Å². The normalized spacial score (nSPS) is 12.0. The van der Waals surface area contributed by atoms with E-state index >= 15 is 0 Å². The molecule has 2 nitrogen and oxygen atoms in total. The zero-order valence-electron chi connectivity index (χ0n) is 13.8. The zero-order chi connectivity index (χ0) is 16.9. The molecular formula is C22H22O2. The Morgan fingerprint density at radius 1 is 0.750 bits per heavy atom. The fourth-order valence-corrected chi connectivity index (χ4v) is 3.07. The lowest BCUT2D eigenvalue weighted by atomic mass is 9.89. The van der Waals surface area contributed by atoms with E-state index in [9.17, 15) is 10.2 Å². The summed E-state index contributed by atoms with van der Waals surface area (Å²) in [5.74, 6) is 0.442. The Kier molecular flexibility index (Phi) is 4.85. The smallest absolute Gasteiger partial charge is 0.126 e. The van der Waals surface area contributed by atoms with Crippen molar-refractivity contribution >= 4 is 0 Å². The fourth-order valence-electron chi connectivity index (χ4n) is 3.07. The Morgan fingerprint density at radius 3 is 2.04 bits per heavy atom. The molecule has 0 fully saturated rings. The van der Waals surface area contributed by atoms with E-state index in [1.807, 2.05) is 42.5 Å². The highest BCUT2D eigenvalue weighted by Crippen LogP contribution is 2.38. The van der Waals surface area contributed by atoms with Gasteiger partial charge in [0.15, 0.2) is 0 Å². The third-order valence-corrected chi connectivity index (χ3v) is 4.56. The number of aryl methyl sites for hydroxylation is 1. The highest BCUT2D eigenvalue weighted by Gasteiger charge is 2.17. The van der Waals surface area contributed by atoms with Crippen molar-refractivity contribution in [3.8, 4) is 11.5 Å². The van der Waals surface area contributed by atoms with Crippen LogP contribution in [0.2, 0.25) is 0 Å². The molecule has 1 unspecified atom stereocenters. The van der Waals surface area contributed by atoms with E-state index < -0.39 is 0 Å². The molecule has 0 aliphatic carbocycles. The van der Waals surface area contributed by atoms with Crippen LogP contribution in [0.4, 0.5) is 0 Å². The molecule has 3 aromatic rings. The second kappa shape index (κ2) is 7.22. The Balaban J connectivity index is 1.87. The Labute approximate surface area is 143 Å². The third-order valence-electron chi connectivity index (χ3n) is 4.56. The minimum atomic E-state index is 0.0716. The largest absolute Gasteiger partial charge is 0.508 e. The number of rotatable bonds is 5. The lowest BCUT2D eigenvalue weighted by Crippen LogP contribution is -2.00. The molecule has 0 bridgehead atoms. The second-order valence-electron chi connectivity index (χ2n) is 6.12. The summed E-state index contributed by atoms with van der Waals surface area (Å²) in [6.07, 6.45) is 1.39. The number of hydrogen-bond acceptors (Lipinski definition) is 2. The van der Waals surface area contributed by atoms with E-state index in [0.717, 1.165) is 17.5 Å². The van der Waals surface area contributed by atoms with Crippen LogP contribution in [-0.4, -0.2) is 10.2 Å². The van der Waals surface area contributed by atoms with Gasteiger partial charge in [-0.25, -0.2) is 0 Å². The molecule has 1 atom stereocenters. The summed E-state index contributed by atoms with van der Waals surface area (Å²) in [5, 5.41) is 20.9. The van der Waals surface area contributed by atoms with Gasteiger partial charge in [-0.2, -0.15) is 0 Å². The lowest BCUT2D eigenvalue weighted by molar-refractivity contribution is 0.432. The zero-order valence-corrected chi connectivity index (χ0v) is 13.8. The van der Waals surface area contributed by atoms with Crippen LogP contribution in [0.5, 0.6) is 11.5 Å². The van der Waals surface area contributed by atoms with E-state index in [2.05, 4.69) is 31.2 Å². The van der Waals surface area contributed by atoms with Gasteiger partial charge in [-0.15, -0.1) is 0 Å². The third kappa shape index (κ3) is 3.43. The second-order valence-corrected chi connectivity index (χ2v) is 6.12. The standard InChI is InChI=1S/C22H22O2/c1-16(18-10-6-3-7-11-18)19-14-15-21(23)20(22(19)24)13-12-17-8-4-2-5-9-17/h2-11,14-16,23-24H,12-13H2,1H3. The molecule has 0 saturated carbocycles. The van der Waals surface area contributed by atoms with Crippen LogP contribution in [0.1, 0.15) is 35.1 Å². The number of aromatic hydroxyl groups is 2. The summed E-state index contributed by atoms with van der Waals surface area (Å²) < 4.78 is 0. The number of phenols is 2. The van der Waals surface area contributed by atoms with Crippen LogP contribution >= 0.6 is 0 Å². The van der Waals surface area contributed by atoms with E-state index in [-0.39, 0.29) is 17.4 Å². The molecule has 0 radical (unpaired) electrons. The van der Waals surface area contributed by atoms with Gasteiger partial charge in [-0.1, -0.05) is 73.7 Å². The van der Waals surface area contributed by atoms with Crippen molar-refractivity contribution in [2.45, 2.75) is 25.7 Å². The SMILES string of the molecule is CC(c1ccccc1)c1ccc(O)c(CCc2ccccc2)c1O. The quantitative estimate of drug-likeness (QED) is 0.692. The molecule has 0 aromatic heterocycles. The summed E-state index contributed by atoms with van der Waals surface area (Å²) >= 11 is 0. The predicted octanol–water partition coefficient (Wildman–Crippen LogP) is 5.03. The molecule has 0 aliphatic heterocycles. The molecular weight excluding hydrogens is 296 g/mol. The number of benzene rings is 3. The van der Waals surface area contributed by atoms with Crippen molar-refractivity contribution in [3.05, 3.63) is 95.1 Å². The average molecular weight is 318 g/mol. The number of phenolic OH excluding ortho intramolecular Hbond substituents is 2. The summed E-state index contributed by atoms with van der Waals surface area (Å²) in [7, 11) is 0. The average Bonchev–Trinajstić information content (AvgIpc) is 2.63. The van der Waals surface area contributed by atoms with Crippen LogP contribution in [-0.2, 0) is 12.8 Å². The Hall–Kier alpha value is -2.74. The van der Waals surface area contributed by atoms with Gasteiger partial charge in [0.1, 0.15) is 11.5 Å². The van der Waals surface area contributed by atoms with Crippen LogP contribution in [0.15, 0.2) is 72.8 Å². The van der Waals surface area contributed by atoms with Crippen LogP contribution in [0, 0.1) is 0 Å². The van der Waals surface area contributed by atoms with Gasteiger partial charge >= 0.3 is 0 Å². The first-order chi connectivity index (χ1) is 11.7. The minimum Gasteiger partial charge on any atom is -0.508 e. The topological polar surface area (TPSA) is 40.5 Å². The predicted molar refractivity (Wildman–Crippen MR) is 97.6 cm³/mol. The molecule has 0 heterocycles. The monoisotopic (exact) mass is 318 g/mol. The molecule has 0 amide bonds. The lowest BCUT2D eigenvalue weighted by Gasteiger charge is -2.17. The first-order valence-corrected chi connectivity index (χ1v) is 8.29. The maximum atomic E-state index is 10.7. The van der Waals surface area contributed by atoms with E-state index in [1.54, 1.807) is 6.07 Å². The molecule has 24 heavy (non-hydrogen) atoms. The van der Waals surface area contributed by atoms with Crippen molar-refractivity contribution in [1.29, 1.82) is 0 Å². The molecule has 122 valence electrons. The van der Waals surface area contributed by atoms with Gasteiger partial charge in [0.2, 0.25) is 0 Å². The molecule has 0 aliphatic rings. The van der Waals surface area contributed by atoms with Gasteiger partial charge in [0, 0.05) is 17.0 Å². The van der Waals surface area contributed by atoms with Crippen molar-refractivity contribution in [3.63, 3.8) is 0 Å². The van der Waals surface area contributed by atoms with Crippen LogP contribution in [0.3, 0.4) is 0 Å². The molecule has 3 rings (SSSR count). The van der Waals surface area contributed by atoms with Crippen molar-refractivity contribution < 1.29 is 10.2 Å². The molecule has 2 heteroatoms. The van der Waals surface area contributed by atoms with Gasteiger partial charge in [0.25, 0.3) is 0 Å². The van der Waals surface area contributed by atoms with Crippen molar-refractivity contribution in [2.24, 2.45) is 0 Å². The maximum Gasteiger partial charge on any atom is 0.126 e. The van der Waals surface area contributed by atoms with Crippen LogP contribution in [0.25, 0.3) is 0 Å². The number of hydrogen-bond donors (Lipinski definition) is 2. The summed E-state index contributed by atoms with van der Waals surface area (Å²) in [5.41, 5.74) is 3.81. The highest BCUT2D eigenvalue weighted by atomic mass is 16.3. The molecule has 0 spiro atoms. The summed E-state index contributed by atoms with van der Waals surface area (Å²) in [4.78, 5) is 0. The first-order valence-electron chi connectivity index (χ1n) is 8.29. The molecule has 2 N–H and O–H groups in total. The Morgan fingerprint density at radius 2 is 1.38 bits per heavy atom. The molecule has 3 aromatic carbocycles. The van der Waals surface area contributed by atoms with E-state index in [0.29, 0.717) is 12.0 Å². The van der Waals surface area contributed by atoms with Crippen LogP contribution < -0.4 is 0 Å². The van der Waals surface area contributed by atoms with Crippen molar-refractivity contribution in [1.82, 2.24) is 0 Å². The van der Waals surface area contributed by atoms with E-state index in [4.69, 9.17) is 0 Å². The van der Waals surface area contributed by atoms with Gasteiger partial charge in [-0.05, 0) is 30.0 Å². The summed E-state index contributed by atoms with van der Waals surface area (Å²) in [6.45, 7) is 2.07. The minimum absolute atomic E-state index is 0.0716. The highest BCUT2D eigenvalue weighted by molar-refractivity contribution is 5.52. The van der Waals surface area contributed by atoms with Gasteiger partial charge < -0.3 is 10.2 Å². The maximum absolute atomic E-state index is 10.7. The molecule has 0 saturated heterocycles. The summed E-state index contributed by atoms with van der Waals surface area (Å²) in [6, 6.07) is 23.7. The first kappa shape index (κ1) is 16.1. The van der Waals surface area contributed by atoms with Gasteiger partial charge in [-0.3, -0.25) is 0 Å². The van der Waals surface area contributed by atoms with Gasteiger partial charge in [0.05, 0.1) is 0 Å². The van der Waals surface area contributed by atoms with Crippen molar-refractivity contribution in [2.75, 3.05) is 0 Å². The Bertz CT molecular complexity index is 795.